The lowest BCUT2D eigenvalue weighted by atomic mass is 9.95. The fraction of sp³-hybridized carbons (Fsp3) is 0.381. The van der Waals surface area contributed by atoms with Crippen molar-refractivity contribution < 1.29 is 13.2 Å². The number of hydrogen-bond donors (Lipinski definition) is 1. The molecule has 8 heteroatoms. The zero-order chi connectivity index (χ0) is 20.6. The second-order valence-electron chi connectivity index (χ2n) is 7.78. The number of carbonyl (C=O) groups excluding carboxylic acids is 1. The van der Waals surface area contributed by atoms with Gasteiger partial charge in [-0.1, -0.05) is 29.8 Å². The lowest BCUT2D eigenvalue weighted by Gasteiger charge is -2.31. The topological polar surface area (TPSA) is 69.7 Å². The molecule has 154 valence electrons. The van der Waals surface area contributed by atoms with Crippen LogP contribution >= 0.6 is 11.6 Å². The van der Waals surface area contributed by atoms with Gasteiger partial charge in [0.1, 0.15) is 0 Å². The molecule has 0 unspecified atom stereocenters. The van der Waals surface area contributed by atoms with Crippen molar-refractivity contribution in [2.75, 3.05) is 38.5 Å². The van der Waals surface area contributed by atoms with E-state index in [1.54, 1.807) is 30.3 Å². The van der Waals surface area contributed by atoms with Crippen LogP contribution in [0.4, 0.5) is 5.69 Å². The predicted octanol–water partition coefficient (Wildman–Crippen LogP) is 2.95. The Morgan fingerprint density at radius 2 is 1.72 bits per heavy atom. The Labute approximate surface area is 176 Å². The van der Waals surface area contributed by atoms with E-state index < -0.39 is 15.4 Å². The van der Waals surface area contributed by atoms with Gasteiger partial charge in [-0.3, -0.25) is 4.79 Å². The molecule has 1 saturated carbocycles. The molecule has 1 aliphatic carbocycles. The number of carbonyl (C=O) groups is 1. The Morgan fingerprint density at radius 3 is 2.38 bits per heavy atom. The van der Waals surface area contributed by atoms with Gasteiger partial charge in [0.2, 0.25) is 15.9 Å². The maximum Gasteiger partial charge on any atom is 0.243 e. The fourth-order valence-electron chi connectivity index (χ4n) is 3.72. The highest BCUT2D eigenvalue weighted by atomic mass is 35.5. The molecule has 2 aromatic rings. The van der Waals surface area contributed by atoms with E-state index in [2.05, 4.69) is 10.2 Å². The Hall–Kier alpha value is -1.93. The number of benzene rings is 2. The van der Waals surface area contributed by atoms with Gasteiger partial charge in [0.15, 0.2) is 0 Å². The Balaban J connectivity index is 1.53. The smallest absolute Gasteiger partial charge is 0.243 e. The van der Waals surface area contributed by atoms with Crippen LogP contribution in [0.15, 0.2) is 53.4 Å². The van der Waals surface area contributed by atoms with Gasteiger partial charge in [-0.15, -0.1) is 0 Å². The Bertz CT molecular complexity index is 1030. The highest BCUT2D eigenvalue weighted by Gasteiger charge is 2.51. The van der Waals surface area contributed by atoms with E-state index >= 15 is 0 Å². The number of amides is 1. The van der Waals surface area contributed by atoms with Crippen LogP contribution in [0, 0.1) is 0 Å². The van der Waals surface area contributed by atoms with E-state index in [0.717, 1.165) is 18.4 Å². The summed E-state index contributed by atoms with van der Waals surface area (Å²) >= 11 is 6.09. The monoisotopic (exact) mass is 433 g/mol. The minimum absolute atomic E-state index is 0.131. The van der Waals surface area contributed by atoms with Gasteiger partial charge in [-0.2, -0.15) is 4.31 Å². The summed E-state index contributed by atoms with van der Waals surface area (Å²) in [5, 5.41) is 3.51. The SMILES string of the molecule is CN1CCN(S(=O)(=O)c2cccc(NC(=O)C3(c4cccc(Cl)c4)CC3)c2)CC1. The first kappa shape index (κ1) is 20.3. The second-order valence-corrected chi connectivity index (χ2v) is 10.2. The first-order valence-corrected chi connectivity index (χ1v) is 11.5. The largest absolute Gasteiger partial charge is 0.325 e. The lowest BCUT2D eigenvalue weighted by molar-refractivity contribution is -0.118. The van der Waals surface area contributed by atoms with Gasteiger partial charge in [-0.25, -0.2) is 8.42 Å². The summed E-state index contributed by atoms with van der Waals surface area (Å²) in [5.74, 6) is -0.131. The number of nitrogens with zero attached hydrogens (tertiary/aromatic N) is 2. The minimum Gasteiger partial charge on any atom is -0.325 e. The highest BCUT2D eigenvalue weighted by Crippen LogP contribution is 2.49. The van der Waals surface area contributed by atoms with E-state index in [1.807, 2.05) is 25.2 Å². The molecule has 0 radical (unpaired) electrons. The number of nitrogens with one attached hydrogen (secondary N) is 1. The van der Waals surface area contributed by atoms with Gasteiger partial charge < -0.3 is 10.2 Å². The minimum atomic E-state index is -3.58. The normalized spacial score (nSPS) is 19.7. The fourth-order valence-corrected chi connectivity index (χ4v) is 5.38. The summed E-state index contributed by atoms with van der Waals surface area (Å²) in [5.41, 5.74) is 0.791. The summed E-state index contributed by atoms with van der Waals surface area (Å²) in [4.78, 5) is 15.3. The van der Waals surface area contributed by atoms with Crippen molar-refractivity contribution in [1.29, 1.82) is 0 Å². The molecular weight excluding hydrogens is 410 g/mol. The van der Waals surface area contributed by atoms with Crippen molar-refractivity contribution in [1.82, 2.24) is 9.21 Å². The molecular formula is C21H24ClN3O3S. The molecule has 6 nitrogen and oxygen atoms in total. The van der Waals surface area contributed by atoms with Crippen LogP contribution in [-0.4, -0.2) is 56.8 Å². The second kappa shape index (κ2) is 7.72. The average Bonchev–Trinajstić information content (AvgIpc) is 3.51. The standard InChI is InChI=1S/C21H24ClN3O3S/c1-24-10-12-25(13-11-24)29(27,28)19-7-3-6-18(15-19)23-20(26)21(8-9-21)16-4-2-5-17(22)14-16/h2-7,14-15H,8-13H2,1H3,(H,23,26). The zero-order valence-corrected chi connectivity index (χ0v) is 17.8. The summed E-state index contributed by atoms with van der Waals surface area (Å²) in [6, 6.07) is 13.9. The van der Waals surface area contributed by atoms with Gasteiger partial charge in [-0.05, 0) is 55.8 Å². The average molecular weight is 434 g/mol. The number of sulfonamides is 1. The molecule has 4 rings (SSSR count). The third-order valence-corrected chi connectivity index (χ3v) is 7.88. The quantitative estimate of drug-likeness (QED) is 0.787. The lowest BCUT2D eigenvalue weighted by Crippen LogP contribution is -2.47. The van der Waals surface area contributed by atoms with Crippen LogP contribution in [0.3, 0.4) is 0 Å². The number of piperazine rings is 1. The molecule has 0 atom stereocenters. The molecule has 0 bridgehead atoms. The number of halogens is 1. The first-order valence-electron chi connectivity index (χ1n) is 9.68. The van der Waals surface area contributed by atoms with Crippen LogP contribution in [0.5, 0.6) is 0 Å². The number of anilines is 1. The molecule has 2 aromatic carbocycles. The molecule has 2 aliphatic rings. The molecule has 1 aliphatic heterocycles. The number of hydrogen-bond acceptors (Lipinski definition) is 4. The molecule has 0 spiro atoms. The molecule has 1 amide bonds. The van der Waals surface area contributed by atoms with Gasteiger partial charge in [0, 0.05) is 36.9 Å². The van der Waals surface area contributed by atoms with Crippen molar-refractivity contribution in [2.24, 2.45) is 0 Å². The molecule has 1 N–H and O–H groups in total. The summed E-state index contributed by atoms with van der Waals surface area (Å²) in [6.45, 7) is 2.34. The zero-order valence-electron chi connectivity index (χ0n) is 16.3. The third-order valence-electron chi connectivity index (χ3n) is 5.75. The maximum absolute atomic E-state index is 13.0. The van der Waals surface area contributed by atoms with Crippen LogP contribution in [0.1, 0.15) is 18.4 Å². The van der Waals surface area contributed by atoms with Crippen LogP contribution < -0.4 is 5.32 Å². The summed E-state index contributed by atoms with van der Waals surface area (Å²) in [7, 11) is -1.60. The van der Waals surface area contributed by atoms with Crippen molar-refractivity contribution in [3.8, 4) is 0 Å². The Kier molecular flexibility index (Phi) is 5.42. The molecule has 29 heavy (non-hydrogen) atoms. The predicted molar refractivity (Wildman–Crippen MR) is 114 cm³/mol. The van der Waals surface area contributed by atoms with E-state index in [9.17, 15) is 13.2 Å². The van der Waals surface area contributed by atoms with E-state index in [0.29, 0.717) is 36.9 Å². The first-order chi connectivity index (χ1) is 13.8. The van der Waals surface area contributed by atoms with Crippen LogP contribution in [0.25, 0.3) is 0 Å². The maximum atomic E-state index is 13.0. The van der Waals surface area contributed by atoms with Gasteiger partial charge >= 0.3 is 0 Å². The third kappa shape index (κ3) is 4.05. The molecule has 0 aromatic heterocycles. The van der Waals surface area contributed by atoms with Crippen molar-refractivity contribution in [3.63, 3.8) is 0 Å². The summed E-state index contributed by atoms with van der Waals surface area (Å²) < 4.78 is 27.5. The number of rotatable bonds is 5. The molecule has 2 fully saturated rings. The van der Waals surface area contributed by atoms with E-state index in [1.165, 1.54) is 4.31 Å². The van der Waals surface area contributed by atoms with E-state index in [-0.39, 0.29) is 10.8 Å². The van der Waals surface area contributed by atoms with Gasteiger partial charge in [0.05, 0.1) is 10.3 Å². The van der Waals surface area contributed by atoms with E-state index in [4.69, 9.17) is 11.6 Å². The Morgan fingerprint density at radius 1 is 1.03 bits per heavy atom. The van der Waals surface area contributed by atoms with Crippen molar-refractivity contribution >= 4 is 33.2 Å². The molecule has 1 heterocycles. The highest BCUT2D eigenvalue weighted by molar-refractivity contribution is 7.89. The summed E-state index contributed by atoms with van der Waals surface area (Å²) in [6.07, 6.45) is 1.50. The van der Waals surface area contributed by atoms with Crippen molar-refractivity contribution in [2.45, 2.75) is 23.2 Å². The van der Waals surface area contributed by atoms with Gasteiger partial charge in [0.25, 0.3) is 0 Å². The van der Waals surface area contributed by atoms with Crippen LogP contribution in [-0.2, 0) is 20.2 Å². The number of likely N-dealkylation sites (N-methyl/N-ethyl adjacent to an activating group) is 1. The van der Waals surface area contributed by atoms with Crippen LogP contribution in [0.2, 0.25) is 5.02 Å². The van der Waals surface area contributed by atoms with Crippen molar-refractivity contribution in [3.05, 3.63) is 59.1 Å². The molecule has 1 saturated heterocycles.